The maximum Gasteiger partial charge on any atom is 1.00 e. The Morgan fingerprint density at radius 1 is 1.25 bits per heavy atom. The van der Waals surface area contributed by atoms with Gasteiger partial charge in [-0.25, -0.2) is 0 Å². The van der Waals surface area contributed by atoms with Crippen LogP contribution in [0, 0.1) is 43.2 Å². The summed E-state index contributed by atoms with van der Waals surface area (Å²) in [5.74, 6) is 0. The van der Waals surface area contributed by atoms with Crippen LogP contribution < -0.4 is 58.2 Å². The average Bonchev–Trinajstić information content (AvgIpc) is 2.10. The molecule has 2 heteroatoms. The summed E-state index contributed by atoms with van der Waals surface area (Å²) >= 11 is 0. The summed E-state index contributed by atoms with van der Waals surface area (Å²) in [5.41, 5.74) is 1.23. The molecule has 0 saturated heterocycles. The van der Waals surface area contributed by atoms with E-state index in [2.05, 4.69) is 19.1 Å². The summed E-state index contributed by atoms with van der Waals surface area (Å²) in [6, 6.07) is 11.8. The first-order valence-electron chi connectivity index (χ1n) is 3.80. The number of hydrogen-bond donors (Lipinski definition) is 0. The Hall–Kier alpha value is 2.08. The van der Waals surface area contributed by atoms with Crippen molar-refractivity contribution < 1.29 is 89.3 Å². The van der Waals surface area contributed by atoms with Gasteiger partial charge in [0.05, 0.1) is 0 Å². The minimum atomic E-state index is 0. The zero-order valence-electron chi connectivity index (χ0n) is 8.44. The van der Waals surface area contributed by atoms with Gasteiger partial charge in [-0.15, -0.1) is 0 Å². The maximum atomic E-state index is 3.09. The van der Waals surface area contributed by atoms with E-state index in [9.17, 15) is 0 Å². The van der Waals surface area contributed by atoms with E-state index < -0.39 is 0 Å². The standard InChI is InChI=1S/C8H8.C2H6.Rb.U/c1-2-8-6-4-3-5-7-8;1-2;;/h3-4,7H,2H2,1H3;1-2H3;;/q-2;;+1;. The minimum absolute atomic E-state index is 0. The fraction of sp³-hybridized carbons (Fsp3) is 0.400. The zero-order chi connectivity index (χ0) is 7.82. The van der Waals surface area contributed by atoms with E-state index in [1.54, 1.807) is 0 Å². The second-order valence-electron chi connectivity index (χ2n) is 1.67. The molecule has 0 unspecified atom stereocenters. The van der Waals surface area contributed by atoms with Crippen LogP contribution in [-0.4, -0.2) is 0 Å². The SMILES string of the molecule is CC.CCc1[c-]cc[c-]c1.[Rb+].[U]. The molecular formula is C10H14RbU-. The Morgan fingerprint density at radius 2 is 1.83 bits per heavy atom. The molecule has 1 rings (SSSR count). The Kier molecular flexibility index (Phi) is 25.4. The van der Waals surface area contributed by atoms with Crippen LogP contribution in [0.1, 0.15) is 26.3 Å². The largest absolute Gasteiger partial charge is 1.00 e. The predicted molar refractivity (Wildman–Crippen MR) is 44.8 cm³/mol. The molecule has 0 amide bonds. The van der Waals surface area contributed by atoms with Crippen LogP contribution in [-0.2, 0) is 6.42 Å². The van der Waals surface area contributed by atoms with E-state index in [0.29, 0.717) is 0 Å². The monoisotopic (exact) mass is 457 g/mol. The third kappa shape index (κ3) is 10.2. The van der Waals surface area contributed by atoms with Gasteiger partial charge >= 0.3 is 58.2 Å². The molecule has 0 nitrogen and oxygen atoms in total. The topological polar surface area (TPSA) is 0 Å². The van der Waals surface area contributed by atoms with Crippen LogP contribution in [0.4, 0.5) is 0 Å². The maximum absolute atomic E-state index is 3.09. The van der Waals surface area contributed by atoms with Crippen LogP contribution in [0.5, 0.6) is 0 Å². The van der Waals surface area contributed by atoms with Crippen LogP contribution in [0.15, 0.2) is 18.2 Å². The summed E-state index contributed by atoms with van der Waals surface area (Å²) in [4.78, 5) is 0. The van der Waals surface area contributed by atoms with Crippen molar-refractivity contribution >= 4 is 0 Å². The van der Waals surface area contributed by atoms with Crippen molar-refractivity contribution in [1.29, 1.82) is 0 Å². The molecule has 0 bridgehead atoms. The van der Waals surface area contributed by atoms with Gasteiger partial charge in [-0.2, -0.15) is 0 Å². The molecule has 1 aromatic carbocycles. The number of rotatable bonds is 1. The summed E-state index contributed by atoms with van der Waals surface area (Å²) < 4.78 is 0. The summed E-state index contributed by atoms with van der Waals surface area (Å²) in [7, 11) is 0. The van der Waals surface area contributed by atoms with E-state index in [4.69, 9.17) is 0 Å². The van der Waals surface area contributed by atoms with Crippen molar-refractivity contribution in [3.8, 4) is 0 Å². The molecule has 0 aliphatic carbocycles. The quantitative estimate of drug-likeness (QED) is 0.516. The van der Waals surface area contributed by atoms with Crippen LogP contribution in [0.2, 0.25) is 0 Å². The van der Waals surface area contributed by atoms with Crippen molar-refractivity contribution in [3.05, 3.63) is 35.9 Å². The van der Waals surface area contributed by atoms with Crippen molar-refractivity contribution in [3.63, 3.8) is 0 Å². The van der Waals surface area contributed by atoms with Crippen molar-refractivity contribution in [2.24, 2.45) is 0 Å². The zero-order valence-corrected chi connectivity index (χ0v) is 17.5. The van der Waals surface area contributed by atoms with Gasteiger partial charge < -0.3 is 12.1 Å². The molecule has 0 N–H and O–H groups in total. The summed E-state index contributed by atoms with van der Waals surface area (Å²) in [6.07, 6.45) is 1.05. The Morgan fingerprint density at radius 3 is 2.08 bits per heavy atom. The molecule has 0 heterocycles. The van der Waals surface area contributed by atoms with E-state index in [-0.39, 0.29) is 89.3 Å². The molecule has 0 spiro atoms. The van der Waals surface area contributed by atoms with E-state index >= 15 is 0 Å². The van der Waals surface area contributed by atoms with Gasteiger partial charge in [0.1, 0.15) is 0 Å². The second kappa shape index (κ2) is 15.5. The molecule has 1 aromatic rings. The molecular weight excluding hydrogens is 444 g/mol. The first kappa shape index (κ1) is 19.6. The van der Waals surface area contributed by atoms with Gasteiger partial charge in [0.15, 0.2) is 0 Å². The van der Waals surface area contributed by atoms with Gasteiger partial charge in [-0.3, -0.25) is 23.8 Å². The minimum Gasteiger partial charge on any atom is -0.319 e. The van der Waals surface area contributed by atoms with Crippen molar-refractivity contribution in [1.82, 2.24) is 0 Å². The van der Waals surface area contributed by atoms with E-state index in [1.807, 2.05) is 32.0 Å². The summed E-state index contributed by atoms with van der Waals surface area (Å²) in [5, 5.41) is 0. The third-order valence-corrected chi connectivity index (χ3v) is 1.09. The molecule has 0 aromatic heterocycles. The van der Waals surface area contributed by atoms with Crippen LogP contribution >= 0.6 is 0 Å². The number of hydrogen-bond acceptors (Lipinski definition) is 0. The van der Waals surface area contributed by atoms with E-state index in [1.165, 1.54) is 5.56 Å². The molecule has 12 heavy (non-hydrogen) atoms. The first-order chi connectivity index (χ1) is 4.93. The molecule has 0 radical (unpaired) electrons. The van der Waals surface area contributed by atoms with Gasteiger partial charge in [0.25, 0.3) is 0 Å². The average molecular weight is 458 g/mol. The Bertz CT molecular complexity index is 151. The van der Waals surface area contributed by atoms with E-state index in [0.717, 1.165) is 6.42 Å². The number of aryl methyl sites for hydroxylation is 1. The number of benzene rings is 1. The van der Waals surface area contributed by atoms with Crippen molar-refractivity contribution in [2.75, 3.05) is 0 Å². The first-order valence-corrected chi connectivity index (χ1v) is 3.80. The smallest absolute Gasteiger partial charge is 0.319 e. The predicted octanol–water partition coefficient (Wildman–Crippen LogP) is -0.120. The molecule has 0 saturated carbocycles. The Balaban J connectivity index is -0.000000189. The normalized spacial score (nSPS) is 6.58. The molecule has 0 aliphatic heterocycles. The Labute approximate surface area is 149 Å². The molecule has 0 atom stereocenters. The second-order valence-corrected chi connectivity index (χ2v) is 1.67. The third-order valence-electron chi connectivity index (χ3n) is 1.09. The van der Waals surface area contributed by atoms with Crippen molar-refractivity contribution in [2.45, 2.75) is 27.2 Å². The van der Waals surface area contributed by atoms with Gasteiger partial charge in [-0.1, -0.05) is 27.2 Å². The molecule has 60 valence electrons. The summed E-state index contributed by atoms with van der Waals surface area (Å²) in [6.45, 7) is 6.11. The van der Waals surface area contributed by atoms with Crippen LogP contribution in [0.25, 0.3) is 0 Å². The van der Waals surface area contributed by atoms with Gasteiger partial charge in [0.2, 0.25) is 0 Å². The van der Waals surface area contributed by atoms with Gasteiger partial charge in [-0.05, 0) is 0 Å². The fourth-order valence-corrected chi connectivity index (χ4v) is 0.591. The molecule has 0 aliphatic rings. The van der Waals surface area contributed by atoms with Gasteiger partial charge in [0, 0.05) is 31.1 Å². The van der Waals surface area contributed by atoms with Crippen LogP contribution in [0.3, 0.4) is 0 Å². The fourth-order valence-electron chi connectivity index (χ4n) is 0.591. The molecule has 0 fully saturated rings.